The molecule has 3 fully saturated rings. The molecular formula is C21H29N5O. The van der Waals surface area contributed by atoms with Gasteiger partial charge in [-0.05, 0) is 48.1 Å². The predicted octanol–water partition coefficient (Wildman–Crippen LogP) is 3.00. The van der Waals surface area contributed by atoms with E-state index in [-0.39, 0.29) is 17.5 Å². The van der Waals surface area contributed by atoms with E-state index in [1.165, 1.54) is 12.8 Å². The van der Waals surface area contributed by atoms with Crippen LogP contribution in [-0.2, 0) is 0 Å². The van der Waals surface area contributed by atoms with Crippen molar-refractivity contribution < 1.29 is 4.79 Å². The maximum Gasteiger partial charge on any atom is 0.317 e. The van der Waals surface area contributed by atoms with E-state index in [0.717, 1.165) is 31.2 Å². The molecular weight excluding hydrogens is 338 g/mol. The molecule has 1 aliphatic heterocycles. The molecule has 0 radical (unpaired) electrons. The molecule has 0 spiro atoms. The molecule has 6 heteroatoms. The van der Waals surface area contributed by atoms with Gasteiger partial charge >= 0.3 is 6.03 Å². The predicted molar refractivity (Wildman–Crippen MR) is 104 cm³/mol. The largest absolute Gasteiger partial charge is 0.353 e. The SMILES string of the molecule is CC1(C)C2CCC1(C)C(NC(=O)N1CCN(c3cc(C#N)ccn3)CC1)C2. The molecule has 3 aliphatic rings. The molecule has 3 unspecified atom stereocenters. The summed E-state index contributed by atoms with van der Waals surface area (Å²) in [6.45, 7) is 9.95. The summed E-state index contributed by atoms with van der Waals surface area (Å²) in [6, 6.07) is 6.04. The van der Waals surface area contributed by atoms with Crippen LogP contribution in [0.5, 0.6) is 0 Å². The molecule has 2 amide bonds. The van der Waals surface area contributed by atoms with Crippen LogP contribution in [0.1, 0.15) is 45.6 Å². The number of carbonyl (C=O) groups excluding carboxylic acids is 1. The van der Waals surface area contributed by atoms with Gasteiger partial charge in [0, 0.05) is 38.4 Å². The molecule has 1 aromatic heterocycles. The number of carbonyl (C=O) groups is 1. The number of anilines is 1. The third kappa shape index (κ3) is 2.84. The fraction of sp³-hybridized carbons (Fsp3) is 0.667. The minimum absolute atomic E-state index is 0.0722. The Morgan fingerprint density at radius 1 is 1.30 bits per heavy atom. The van der Waals surface area contributed by atoms with Crippen LogP contribution in [0.3, 0.4) is 0 Å². The van der Waals surface area contributed by atoms with Crippen LogP contribution >= 0.6 is 0 Å². The normalized spacial score (nSPS) is 31.6. The molecule has 4 rings (SSSR count). The summed E-state index contributed by atoms with van der Waals surface area (Å²) in [5.41, 5.74) is 1.13. The summed E-state index contributed by atoms with van der Waals surface area (Å²) in [4.78, 5) is 21.3. The Balaban J connectivity index is 1.35. The van der Waals surface area contributed by atoms with E-state index in [4.69, 9.17) is 5.26 Å². The number of hydrogen-bond acceptors (Lipinski definition) is 4. The van der Waals surface area contributed by atoms with Crippen molar-refractivity contribution in [3.8, 4) is 6.07 Å². The highest BCUT2D eigenvalue weighted by atomic mass is 16.2. The zero-order valence-electron chi connectivity index (χ0n) is 16.5. The summed E-state index contributed by atoms with van der Waals surface area (Å²) in [5.74, 6) is 1.54. The van der Waals surface area contributed by atoms with Crippen LogP contribution < -0.4 is 10.2 Å². The lowest BCUT2D eigenvalue weighted by Gasteiger charge is -2.41. The van der Waals surface area contributed by atoms with E-state index in [1.807, 2.05) is 11.0 Å². The first-order chi connectivity index (χ1) is 12.8. The zero-order chi connectivity index (χ0) is 19.2. The quantitative estimate of drug-likeness (QED) is 0.872. The molecule has 1 saturated heterocycles. The topological polar surface area (TPSA) is 72.3 Å². The molecule has 3 atom stereocenters. The van der Waals surface area contributed by atoms with Gasteiger partial charge in [0.2, 0.25) is 0 Å². The highest BCUT2D eigenvalue weighted by Crippen LogP contribution is 2.65. The Hall–Kier alpha value is -2.29. The van der Waals surface area contributed by atoms with E-state index in [2.05, 4.69) is 42.0 Å². The first-order valence-corrected chi connectivity index (χ1v) is 10.0. The first-order valence-electron chi connectivity index (χ1n) is 10.0. The number of urea groups is 1. The van der Waals surface area contributed by atoms with E-state index >= 15 is 0 Å². The summed E-state index contributed by atoms with van der Waals surface area (Å²) in [5, 5.41) is 12.4. The number of nitrogens with one attached hydrogen (secondary N) is 1. The number of nitriles is 1. The van der Waals surface area contributed by atoms with Crippen LogP contribution in [0.25, 0.3) is 0 Å². The fourth-order valence-electron chi connectivity index (χ4n) is 5.46. The van der Waals surface area contributed by atoms with Gasteiger partial charge in [-0.1, -0.05) is 20.8 Å². The van der Waals surface area contributed by atoms with Crippen LogP contribution in [0, 0.1) is 28.1 Å². The van der Waals surface area contributed by atoms with Gasteiger partial charge in [-0.2, -0.15) is 5.26 Å². The van der Waals surface area contributed by atoms with Gasteiger partial charge < -0.3 is 15.1 Å². The maximum absolute atomic E-state index is 12.9. The van der Waals surface area contributed by atoms with Crippen LogP contribution in [0.2, 0.25) is 0 Å². The lowest BCUT2D eigenvalue weighted by Crippen LogP contribution is -2.56. The number of pyridine rings is 1. The third-order valence-electron chi connectivity index (χ3n) is 7.86. The van der Waals surface area contributed by atoms with Crippen molar-refractivity contribution in [1.29, 1.82) is 5.26 Å². The smallest absolute Gasteiger partial charge is 0.317 e. The lowest BCUT2D eigenvalue weighted by atomic mass is 9.69. The second-order valence-corrected chi connectivity index (χ2v) is 9.10. The highest BCUT2D eigenvalue weighted by Gasteiger charge is 2.61. The van der Waals surface area contributed by atoms with E-state index < -0.39 is 0 Å². The summed E-state index contributed by atoms with van der Waals surface area (Å²) in [7, 11) is 0. The Morgan fingerprint density at radius 2 is 2.04 bits per heavy atom. The van der Waals surface area contributed by atoms with Crippen molar-refractivity contribution in [2.75, 3.05) is 31.1 Å². The minimum Gasteiger partial charge on any atom is -0.353 e. The van der Waals surface area contributed by atoms with Gasteiger partial charge in [0.15, 0.2) is 0 Å². The van der Waals surface area contributed by atoms with Gasteiger partial charge in [-0.25, -0.2) is 9.78 Å². The molecule has 0 aromatic carbocycles. The number of hydrogen-bond donors (Lipinski definition) is 1. The number of fused-ring (bicyclic) bond motifs is 2. The van der Waals surface area contributed by atoms with Crippen molar-refractivity contribution in [3.05, 3.63) is 23.9 Å². The highest BCUT2D eigenvalue weighted by molar-refractivity contribution is 5.75. The summed E-state index contributed by atoms with van der Waals surface area (Å²) >= 11 is 0. The third-order valence-corrected chi connectivity index (χ3v) is 7.86. The first kappa shape index (κ1) is 18.1. The van der Waals surface area contributed by atoms with Gasteiger partial charge in [0.1, 0.15) is 5.82 Å². The molecule has 6 nitrogen and oxygen atoms in total. The molecule has 144 valence electrons. The van der Waals surface area contributed by atoms with Gasteiger partial charge in [0.05, 0.1) is 11.6 Å². The Labute approximate surface area is 161 Å². The van der Waals surface area contributed by atoms with Crippen LogP contribution in [0.4, 0.5) is 10.6 Å². The van der Waals surface area contributed by atoms with Crippen molar-refractivity contribution in [3.63, 3.8) is 0 Å². The number of piperazine rings is 1. The average molecular weight is 367 g/mol. The number of aromatic nitrogens is 1. The lowest BCUT2D eigenvalue weighted by molar-refractivity contribution is 0.117. The van der Waals surface area contributed by atoms with Crippen LogP contribution in [-0.4, -0.2) is 48.1 Å². The molecule has 2 saturated carbocycles. The molecule has 2 aliphatic carbocycles. The Morgan fingerprint density at radius 3 is 2.63 bits per heavy atom. The van der Waals surface area contributed by atoms with E-state index in [9.17, 15) is 4.79 Å². The van der Waals surface area contributed by atoms with Crippen LogP contribution in [0.15, 0.2) is 18.3 Å². The van der Waals surface area contributed by atoms with E-state index in [0.29, 0.717) is 24.1 Å². The molecule has 2 heterocycles. The van der Waals surface area contributed by atoms with Crippen molar-refractivity contribution in [2.24, 2.45) is 16.7 Å². The van der Waals surface area contributed by atoms with Crippen molar-refractivity contribution in [1.82, 2.24) is 15.2 Å². The zero-order valence-corrected chi connectivity index (χ0v) is 16.5. The van der Waals surface area contributed by atoms with E-state index in [1.54, 1.807) is 12.3 Å². The van der Waals surface area contributed by atoms with Crippen molar-refractivity contribution >= 4 is 11.8 Å². The molecule has 27 heavy (non-hydrogen) atoms. The standard InChI is InChI=1S/C21H29N5O/c1-20(2)16-4-6-21(20,3)17(13-16)24-19(27)26-10-8-25(9-11-26)18-12-15(14-22)5-7-23-18/h5,7,12,16-17H,4,6,8-11,13H2,1-3H3,(H,24,27). The summed E-state index contributed by atoms with van der Waals surface area (Å²) < 4.78 is 0. The number of rotatable bonds is 2. The van der Waals surface area contributed by atoms with Crippen molar-refractivity contribution in [2.45, 2.75) is 46.1 Å². The van der Waals surface area contributed by atoms with Gasteiger partial charge in [-0.15, -0.1) is 0 Å². The fourth-order valence-corrected chi connectivity index (χ4v) is 5.46. The molecule has 1 N–H and O–H groups in total. The van der Waals surface area contributed by atoms with Gasteiger partial charge in [-0.3, -0.25) is 0 Å². The summed E-state index contributed by atoms with van der Waals surface area (Å²) in [6.07, 6.45) is 5.29. The Bertz CT molecular complexity index is 777. The van der Waals surface area contributed by atoms with Gasteiger partial charge in [0.25, 0.3) is 0 Å². The average Bonchev–Trinajstić information content (AvgIpc) is 3.01. The second-order valence-electron chi connectivity index (χ2n) is 9.10. The second kappa shape index (κ2) is 6.40. The number of amides is 2. The maximum atomic E-state index is 12.9. The molecule has 1 aromatic rings. The Kier molecular flexibility index (Phi) is 4.29. The minimum atomic E-state index is 0.0722. The monoisotopic (exact) mass is 367 g/mol. The number of nitrogens with zero attached hydrogens (tertiary/aromatic N) is 4. The molecule has 2 bridgehead atoms.